The third-order valence-corrected chi connectivity index (χ3v) is 9.81. The number of halogens is 1. The number of carbonyl (C=O) groups is 2. The molecule has 2 aliphatic heterocycles. The van der Waals surface area contributed by atoms with E-state index in [4.69, 9.17) is 9.47 Å². The van der Waals surface area contributed by atoms with Crippen molar-refractivity contribution in [1.82, 2.24) is 25.7 Å². The van der Waals surface area contributed by atoms with E-state index in [-0.39, 0.29) is 29.8 Å². The molecule has 7 rings (SSSR count). The lowest BCUT2D eigenvalue weighted by Crippen LogP contribution is -2.47. The number of carbonyl (C=O) groups excluding carboxylic acids is 2. The number of rotatable bonds is 8. The molecule has 2 N–H and O–H groups in total. The largest absolute Gasteiger partial charge is 0.492 e. The molecule has 45 heavy (non-hydrogen) atoms. The fraction of sp³-hybridized carbons (Fsp3) is 0.353. The maximum Gasteiger partial charge on any atom is 0.407 e. The van der Waals surface area contributed by atoms with Gasteiger partial charge in [-0.2, -0.15) is 0 Å². The summed E-state index contributed by atoms with van der Waals surface area (Å²) >= 11 is 1.58. The zero-order valence-corrected chi connectivity index (χ0v) is 25.6. The second kappa shape index (κ2) is 12.6. The monoisotopic (exact) mass is 627 g/mol. The highest BCUT2D eigenvalue weighted by Gasteiger charge is 2.33. The van der Waals surface area contributed by atoms with Gasteiger partial charge in [-0.15, -0.1) is 21.5 Å². The van der Waals surface area contributed by atoms with Crippen molar-refractivity contribution in [3.05, 3.63) is 77.4 Å². The maximum atomic E-state index is 14.4. The molecule has 1 atom stereocenters. The van der Waals surface area contributed by atoms with Crippen LogP contribution < -0.4 is 15.4 Å². The van der Waals surface area contributed by atoms with Crippen molar-refractivity contribution in [2.75, 3.05) is 26.2 Å². The predicted octanol–water partition coefficient (Wildman–Crippen LogP) is 5.48. The molecule has 2 amide bonds. The molecule has 3 aliphatic rings. The van der Waals surface area contributed by atoms with Crippen molar-refractivity contribution in [2.24, 2.45) is 5.92 Å². The highest BCUT2D eigenvalue weighted by molar-refractivity contribution is 7.17. The molecular formula is C34H34FN5O4S. The van der Waals surface area contributed by atoms with Crippen molar-refractivity contribution < 1.29 is 23.5 Å². The molecule has 2 fully saturated rings. The highest BCUT2D eigenvalue weighted by Crippen LogP contribution is 2.40. The molecule has 2 aromatic heterocycles. The van der Waals surface area contributed by atoms with Crippen LogP contribution >= 0.6 is 11.3 Å². The summed E-state index contributed by atoms with van der Waals surface area (Å²) in [6.45, 7) is 6.66. The minimum absolute atomic E-state index is 0.0191. The van der Waals surface area contributed by atoms with Gasteiger partial charge in [0, 0.05) is 48.1 Å². The number of hydrogen-bond acceptors (Lipinski definition) is 8. The number of nitrogens with one attached hydrogen (secondary N) is 2. The van der Waals surface area contributed by atoms with Crippen LogP contribution in [0.25, 0.3) is 32.6 Å². The Morgan fingerprint density at radius 1 is 1.13 bits per heavy atom. The predicted molar refractivity (Wildman–Crippen MR) is 170 cm³/mol. The fourth-order valence-corrected chi connectivity index (χ4v) is 7.30. The van der Waals surface area contributed by atoms with Gasteiger partial charge >= 0.3 is 6.09 Å². The Kier molecular flexibility index (Phi) is 8.20. The molecule has 232 valence electrons. The Hall–Kier alpha value is -4.35. The van der Waals surface area contributed by atoms with Crippen LogP contribution in [0.1, 0.15) is 30.4 Å². The second-order valence-electron chi connectivity index (χ2n) is 11.9. The molecule has 1 saturated heterocycles. The van der Waals surface area contributed by atoms with Crippen LogP contribution in [0.4, 0.5) is 9.18 Å². The summed E-state index contributed by atoms with van der Waals surface area (Å²) in [5, 5.41) is 18.7. The summed E-state index contributed by atoms with van der Waals surface area (Å²) in [7, 11) is 0. The van der Waals surface area contributed by atoms with E-state index in [0.29, 0.717) is 43.1 Å². The topological polar surface area (TPSA) is 106 Å². The van der Waals surface area contributed by atoms with Crippen molar-refractivity contribution in [1.29, 1.82) is 0 Å². The number of amides is 2. The Balaban J connectivity index is 0.996. The minimum atomic E-state index is -0.473. The molecule has 9 nitrogen and oxygen atoms in total. The van der Waals surface area contributed by atoms with Crippen LogP contribution in [-0.2, 0) is 22.5 Å². The molecule has 0 spiro atoms. The molecule has 0 bridgehead atoms. The number of thiophene rings is 1. The molecule has 2 aromatic carbocycles. The van der Waals surface area contributed by atoms with Gasteiger partial charge in [0.2, 0.25) is 5.91 Å². The first-order valence-electron chi connectivity index (χ1n) is 15.3. The van der Waals surface area contributed by atoms with Gasteiger partial charge in [0.15, 0.2) is 0 Å². The molecule has 1 saturated carbocycles. The van der Waals surface area contributed by atoms with Gasteiger partial charge in [-0.05, 0) is 78.6 Å². The number of likely N-dealkylation sites (tertiary alicyclic amines) is 1. The summed E-state index contributed by atoms with van der Waals surface area (Å²) in [6, 6.07) is 13.1. The van der Waals surface area contributed by atoms with E-state index in [1.54, 1.807) is 22.3 Å². The maximum absolute atomic E-state index is 14.4. The third-order valence-electron chi connectivity index (χ3n) is 8.89. The first kappa shape index (κ1) is 29.4. The van der Waals surface area contributed by atoms with Gasteiger partial charge in [-0.3, -0.25) is 4.79 Å². The summed E-state index contributed by atoms with van der Waals surface area (Å²) in [5.74, 6) is 0.0779. The van der Waals surface area contributed by atoms with Crippen LogP contribution in [0.2, 0.25) is 0 Å². The van der Waals surface area contributed by atoms with Crippen molar-refractivity contribution in [3.63, 3.8) is 0 Å². The lowest BCUT2D eigenvalue weighted by atomic mass is 9.81. The van der Waals surface area contributed by atoms with Crippen LogP contribution in [0.15, 0.2) is 60.5 Å². The molecule has 0 unspecified atom stereocenters. The Morgan fingerprint density at radius 2 is 2.00 bits per heavy atom. The third kappa shape index (κ3) is 6.14. The van der Waals surface area contributed by atoms with Gasteiger partial charge < -0.3 is 25.0 Å². The normalized spacial score (nSPS) is 20.7. The highest BCUT2D eigenvalue weighted by atomic mass is 32.1. The van der Waals surface area contributed by atoms with Crippen LogP contribution in [0.5, 0.6) is 5.75 Å². The zero-order chi connectivity index (χ0) is 30.9. The van der Waals surface area contributed by atoms with Crippen LogP contribution in [0, 0.1) is 11.7 Å². The Labute approximate surface area is 264 Å². The van der Waals surface area contributed by atoms with E-state index >= 15 is 0 Å². The number of hydrogen-bond donors (Lipinski definition) is 2. The number of aromatic nitrogens is 2. The molecule has 11 heteroatoms. The van der Waals surface area contributed by atoms with Gasteiger partial charge in [-0.25, -0.2) is 9.18 Å². The number of benzene rings is 2. The van der Waals surface area contributed by atoms with Gasteiger partial charge in [0.25, 0.3) is 0 Å². The first-order chi connectivity index (χ1) is 21.9. The standard InChI is InChI=1S/C34H34FN5O4S/c1-2-30(41)40-11-8-26(18-40)44-34(42)37-25-13-20(14-25)19-43-29-16-24(35)5-6-27(29)32-33-28(9-12-45-33)31(38-39-32)22-3-4-23-17-36-10-7-21(23)15-22/h2-6,9,12,15-16,20,25-26,36H,1,7-8,10-11,13-14,17-19H2,(H,37,42)/t20?,25?,26-/m0/s1. The summed E-state index contributed by atoms with van der Waals surface area (Å²) < 4.78 is 27.1. The van der Waals surface area contributed by atoms with Gasteiger partial charge in [0.1, 0.15) is 29.1 Å². The molecule has 1 aliphatic carbocycles. The number of ether oxygens (including phenoxy) is 2. The number of fused-ring (bicyclic) bond motifs is 2. The van der Waals surface area contributed by atoms with E-state index in [0.717, 1.165) is 53.7 Å². The fourth-order valence-electron chi connectivity index (χ4n) is 6.41. The average Bonchev–Trinajstić information content (AvgIpc) is 3.72. The SMILES string of the molecule is C=CC(=O)N1CC[C@H](OC(=O)NC2CC(COc3cc(F)ccc3-c3nnc(-c4ccc5c(c4)CCNC5)c4ccsc34)C2)C1. The van der Waals surface area contributed by atoms with Gasteiger partial charge in [0.05, 0.1) is 17.9 Å². The van der Waals surface area contributed by atoms with Crippen LogP contribution in [-0.4, -0.2) is 65.5 Å². The van der Waals surface area contributed by atoms with E-state index in [9.17, 15) is 14.0 Å². The molecule has 4 aromatic rings. The van der Waals surface area contributed by atoms with Crippen molar-refractivity contribution in [2.45, 2.75) is 44.4 Å². The molecular weight excluding hydrogens is 593 g/mol. The average molecular weight is 628 g/mol. The van der Waals surface area contributed by atoms with E-state index < -0.39 is 6.09 Å². The Morgan fingerprint density at radius 3 is 2.87 bits per heavy atom. The lowest BCUT2D eigenvalue weighted by Gasteiger charge is -2.35. The quantitative estimate of drug-likeness (QED) is 0.249. The summed E-state index contributed by atoms with van der Waals surface area (Å²) in [5.41, 5.74) is 5.88. The molecule has 4 heterocycles. The van der Waals surface area contributed by atoms with Gasteiger partial charge in [-0.1, -0.05) is 18.7 Å². The summed E-state index contributed by atoms with van der Waals surface area (Å²) in [6.07, 6.45) is 3.53. The summed E-state index contributed by atoms with van der Waals surface area (Å²) in [4.78, 5) is 25.8. The van der Waals surface area contributed by atoms with Crippen molar-refractivity contribution in [3.8, 4) is 28.3 Å². The first-order valence-corrected chi connectivity index (χ1v) is 16.2. The van der Waals surface area contributed by atoms with E-state index in [1.165, 1.54) is 29.3 Å². The molecule has 0 radical (unpaired) electrons. The second-order valence-corrected chi connectivity index (χ2v) is 12.8. The van der Waals surface area contributed by atoms with Crippen LogP contribution in [0.3, 0.4) is 0 Å². The lowest BCUT2D eigenvalue weighted by molar-refractivity contribution is -0.125. The zero-order valence-electron chi connectivity index (χ0n) is 24.8. The number of alkyl carbamates (subject to hydrolysis) is 1. The van der Waals surface area contributed by atoms with E-state index in [2.05, 4.69) is 51.7 Å². The Bertz CT molecular complexity index is 1770. The number of nitrogens with zero attached hydrogens (tertiary/aromatic N) is 3. The smallest absolute Gasteiger partial charge is 0.407 e. The minimum Gasteiger partial charge on any atom is -0.492 e. The van der Waals surface area contributed by atoms with E-state index in [1.807, 2.05) is 5.38 Å². The van der Waals surface area contributed by atoms with Crippen molar-refractivity contribution >= 4 is 33.4 Å².